The van der Waals surface area contributed by atoms with E-state index in [1.807, 2.05) is 13.8 Å². The van der Waals surface area contributed by atoms with Crippen LogP contribution in [0.5, 0.6) is 0 Å². The molecule has 1 aliphatic carbocycles. The van der Waals surface area contributed by atoms with E-state index in [2.05, 4.69) is 38.0 Å². The quantitative estimate of drug-likeness (QED) is 0.787. The Bertz CT molecular complexity index is 330. The van der Waals surface area contributed by atoms with Crippen LogP contribution in [0.4, 0.5) is 0 Å². The fourth-order valence-corrected chi connectivity index (χ4v) is 3.34. The summed E-state index contributed by atoms with van der Waals surface area (Å²) >= 11 is 0. The highest BCUT2D eigenvalue weighted by Gasteiger charge is 2.44. The molecule has 118 valence electrons. The van der Waals surface area contributed by atoms with Crippen molar-refractivity contribution in [2.24, 2.45) is 5.92 Å². The highest BCUT2D eigenvalue weighted by atomic mass is 16.4. The molecule has 0 amide bonds. The Balaban J connectivity index is 2.85. The van der Waals surface area contributed by atoms with E-state index < -0.39 is 11.5 Å². The molecule has 1 aliphatic rings. The molecule has 1 rings (SSSR count). The number of rotatable bonds is 6. The first-order chi connectivity index (χ1) is 9.19. The lowest BCUT2D eigenvalue weighted by atomic mass is 9.77. The molecule has 0 aromatic carbocycles. The summed E-state index contributed by atoms with van der Waals surface area (Å²) in [6, 6.07) is 1.02. The third kappa shape index (κ3) is 3.95. The summed E-state index contributed by atoms with van der Waals surface area (Å²) in [5.74, 6) is -0.110. The summed E-state index contributed by atoms with van der Waals surface area (Å²) < 4.78 is 0. The third-order valence-corrected chi connectivity index (χ3v) is 4.88. The minimum Gasteiger partial charge on any atom is -0.480 e. The zero-order chi connectivity index (χ0) is 15.5. The van der Waals surface area contributed by atoms with E-state index in [9.17, 15) is 9.90 Å². The van der Waals surface area contributed by atoms with Gasteiger partial charge in [-0.25, -0.2) is 0 Å². The number of aliphatic carboxylic acids is 1. The normalized spacial score (nSPS) is 29.1. The molecular weight excluding hydrogens is 252 g/mol. The van der Waals surface area contributed by atoms with Crippen LogP contribution in [-0.2, 0) is 4.79 Å². The lowest BCUT2D eigenvalue weighted by Gasteiger charge is -2.45. The third-order valence-electron chi connectivity index (χ3n) is 4.88. The number of nitrogens with zero attached hydrogens (tertiary/aromatic N) is 1. The smallest absolute Gasteiger partial charge is 0.323 e. The minimum absolute atomic E-state index is 0.192. The lowest BCUT2D eigenvalue weighted by molar-refractivity contribution is -0.148. The molecule has 20 heavy (non-hydrogen) atoms. The second-order valence-corrected chi connectivity index (χ2v) is 7.09. The van der Waals surface area contributed by atoms with E-state index >= 15 is 0 Å². The van der Waals surface area contributed by atoms with Gasteiger partial charge in [0.05, 0.1) is 0 Å². The lowest BCUT2D eigenvalue weighted by Crippen LogP contribution is -2.60. The largest absolute Gasteiger partial charge is 0.480 e. The first-order valence-corrected chi connectivity index (χ1v) is 7.92. The molecule has 1 fully saturated rings. The van der Waals surface area contributed by atoms with Crippen molar-refractivity contribution in [2.45, 2.75) is 84.0 Å². The molecule has 3 atom stereocenters. The Morgan fingerprint density at radius 2 is 1.90 bits per heavy atom. The maximum Gasteiger partial charge on any atom is 0.323 e. The molecule has 0 aliphatic heterocycles. The van der Waals surface area contributed by atoms with Crippen LogP contribution >= 0.6 is 0 Å². The van der Waals surface area contributed by atoms with Crippen LogP contribution < -0.4 is 5.32 Å². The second-order valence-electron chi connectivity index (χ2n) is 7.09. The molecule has 4 nitrogen and oxygen atoms in total. The van der Waals surface area contributed by atoms with Gasteiger partial charge in [0.1, 0.15) is 5.54 Å². The van der Waals surface area contributed by atoms with E-state index in [0.717, 1.165) is 19.3 Å². The Morgan fingerprint density at radius 1 is 1.30 bits per heavy atom. The first-order valence-electron chi connectivity index (χ1n) is 7.92. The topological polar surface area (TPSA) is 52.6 Å². The monoisotopic (exact) mass is 284 g/mol. The van der Waals surface area contributed by atoms with Crippen molar-refractivity contribution in [3.63, 3.8) is 0 Å². The number of carboxylic acid groups (broad SMARTS) is 1. The number of carbonyl (C=O) groups is 1. The van der Waals surface area contributed by atoms with Crippen molar-refractivity contribution < 1.29 is 9.90 Å². The van der Waals surface area contributed by atoms with E-state index in [1.54, 1.807) is 0 Å². The van der Waals surface area contributed by atoms with Crippen molar-refractivity contribution in [2.75, 3.05) is 7.05 Å². The Hall–Kier alpha value is -0.610. The van der Waals surface area contributed by atoms with Crippen LogP contribution in [0.3, 0.4) is 0 Å². The van der Waals surface area contributed by atoms with Crippen molar-refractivity contribution in [3.05, 3.63) is 0 Å². The van der Waals surface area contributed by atoms with Gasteiger partial charge in [0, 0.05) is 18.1 Å². The molecule has 0 bridgehead atoms. The van der Waals surface area contributed by atoms with E-state index in [4.69, 9.17) is 0 Å². The van der Waals surface area contributed by atoms with E-state index in [0.29, 0.717) is 24.4 Å². The van der Waals surface area contributed by atoms with Gasteiger partial charge in [-0.2, -0.15) is 0 Å². The van der Waals surface area contributed by atoms with Crippen molar-refractivity contribution in [1.82, 2.24) is 10.2 Å². The maximum atomic E-state index is 11.8. The summed E-state index contributed by atoms with van der Waals surface area (Å²) in [7, 11) is 2.14. The van der Waals surface area contributed by atoms with Gasteiger partial charge in [-0.05, 0) is 59.4 Å². The number of hydrogen-bond acceptors (Lipinski definition) is 3. The van der Waals surface area contributed by atoms with E-state index in [1.165, 1.54) is 0 Å². The molecule has 0 saturated heterocycles. The molecule has 0 aromatic heterocycles. The Kier molecular flexibility index (Phi) is 6.02. The number of nitrogens with one attached hydrogen (secondary N) is 1. The van der Waals surface area contributed by atoms with Gasteiger partial charge in [-0.1, -0.05) is 13.8 Å². The minimum atomic E-state index is -0.748. The average Bonchev–Trinajstić information content (AvgIpc) is 2.36. The highest BCUT2D eigenvalue weighted by Crippen LogP contribution is 2.33. The van der Waals surface area contributed by atoms with Crippen LogP contribution in [0.2, 0.25) is 0 Å². The average molecular weight is 284 g/mol. The van der Waals surface area contributed by atoms with Crippen molar-refractivity contribution in [1.29, 1.82) is 0 Å². The summed E-state index contributed by atoms with van der Waals surface area (Å²) in [5, 5.41) is 13.0. The Morgan fingerprint density at radius 3 is 2.35 bits per heavy atom. The number of carboxylic acids is 1. The van der Waals surface area contributed by atoms with Gasteiger partial charge in [0.2, 0.25) is 0 Å². The molecular formula is C16H32N2O2. The summed E-state index contributed by atoms with van der Waals surface area (Å²) in [4.78, 5) is 14.2. The molecule has 0 spiro atoms. The van der Waals surface area contributed by atoms with E-state index in [-0.39, 0.29) is 6.04 Å². The Labute approximate surface area is 123 Å². The fourth-order valence-electron chi connectivity index (χ4n) is 3.34. The van der Waals surface area contributed by atoms with Crippen LogP contribution in [0.15, 0.2) is 0 Å². The van der Waals surface area contributed by atoms with Gasteiger partial charge in [-0.15, -0.1) is 0 Å². The summed E-state index contributed by atoms with van der Waals surface area (Å²) in [6.07, 6.45) is 3.52. The molecule has 0 radical (unpaired) electrons. The van der Waals surface area contributed by atoms with Crippen molar-refractivity contribution in [3.8, 4) is 0 Å². The fraction of sp³-hybridized carbons (Fsp3) is 0.938. The number of hydrogen-bond donors (Lipinski definition) is 2. The SMILES string of the molecule is CC(C)NC1(C(=O)O)CCCC(N(C)C(C)C(C)C)C1. The molecule has 0 heterocycles. The maximum absolute atomic E-state index is 11.8. The zero-order valence-corrected chi connectivity index (χ0v) is 13.9. The molecule has 1 saturated carbocycles. The molecule has 0 aromatic rings. The predicted octanol–water partition coefficient (Wildman–Crippen LogP) is 2.73. The van der Waals surface area contributed by atoms with Gasteiger partial charge >= 0.3 is 5.97 Å². The summed E-state index contributed by atoms with van der Waals surface area (Å²) in [5.41, 5.74) is -0.748. The van der Waals surface area contributed by atoms with Crippen molar-refractivity contribution >= 4 is 5.97 Å². The van der Waals surface area contributed by atoms with Crippen LogP contribution in [0.1, 0.15) is 60.3 Å². The van der Waals surface area contributed by atoms with Gasteiger partial charge in [0.25, 0.3) is 0 Å². The molecule has 4 heteroatoms. The summed E-state index contributed by atoms with van der Waals surface area (Å²) in [6.45, 7) is 10.7. The molecule has 2 N–H and O–H groups in total. The standard InChI is InChI=1S/C16H32N2O2/c1-11(2)13(5)18(6)14-8-7-9-16(10-14,15(19)20)17-12(3)4/h11-14,17H,7-10H2,1-6H3,(H,19,20). The van der Waals surface area contributed by atoms with Crippen LogP contribution in [0, 0.1) is 5.92 Å². The van der Waals surface area contributed by atoms with Crippen LogP contribution in [-0.4, -0.2) is 46.7 Å². The zero-order valence-electron chi connectivity index (χ0n) is 13.9. The second kappa shape index (κ2) is 6.90. The van der Waals surface area contributed by atoms with Gasteiger partial charge in [-0.3, -0.25) is 10.1 Å². The molecule has 3 unspecified atom stereocenters. The van der Waals surface area contributed by atoms with Gasteiger partial charge < -0.3 is 10.0 Å². The highest BCUT2D eigenvalue weighted by molar-refractivity contribution is 5.79. The van der Waals surface area contributed by atoms with Crippen LogP contribution in [0.25, 0.3) is 0 Å². The first kappa shape index (κ1) is 17.4. The van der Waals surface area contributed by atoms with Gasteiger partial charge in [0.15, 0.2) is 0 Å². The predicted molar refractivity (Wildman–Crippen MR) is 83.0 cm³/mol.